The molecule has 0 aliphatic carbocycles. The number of hydrogen-bond donors (Lipinski definition) is 0. The fraction of sp³-hybridized carbons (Fsp3) is 0.318. The second-order valence-corrected chi connectivity index (χ2v) is 8.35. The molecule has 154 valence electrons. The quantitative estimate of drug-likeness (QED) is 0.630. The molecule has 5 rings (SSSR count). The van der Waals surface area contributed by atoms with Gasteiger partial charge in [0.1, 0.15) is 12.3 Å². The van der Waals surface area contributed by atoms with E-state index in [0.29, 0.717) is 29.7 Å². The Morgan fingerprint density at radius 3 is 2.87 bits per heavy atom. The van der Waals surface area contributed by atoms with E-state index in [2.05, 4.69) is 4.98 Å². The highest BCUT2D eigenvalue weighted by Gasteiger charge is 2.31. The topological polar surface area (TPSA) is 72.0 Å². The highest BCUT2D eigenvalue weighted by molar-refractivity contribution is 7.22. The predicted molar refractivity (Wildman–Crippen MR) is 115 cm³/mol. The Balaban J connectivity index is 1.45. The highest BCUT2D eigenvalue weighted by Crippen LogP contribution is 2.33. The summed E-state index contributed by atoms with van der Waals surface area (Å²) in [5.41, 5.74) is 1.47. The van der Waals surface area contributed by atoms with Gasteiger partial charge in [0.15, 0.2) is 11.7 Å². The third-order valence-electron chi connectivity index (χ3n) is 5.33. The predicted octanol–water partition coefficient (Wildman–Crippen LogP) is 3.23. The summed E-state index contributed by atoms with van der Waals surface area (Å²) in [7, 11) is 0. The average molecular weight is 423 g/mol. The minimum absolute atomic E-state index is 0.0198. The Morgan fingerprint density at radius 2 is 2.03 bits per heavy atom. The van der Waals surface area contributed by atoms with Gasteiger partial charge in [-0.15, -0.1) is 0 Å². The lowest BCUT2D eigenvalue weighted by molar-refractivity contribution is -0.124. The normalized spacial score (nSPS) is 18.3. The van der Waals surface area contributed by atoms with Crippen LogP contribution in [-0.2, 0) is 14.3 Å². The Labute approximate surface area is 177 Å². The Morgan fingerprint density at radius 1 is 1.20 bits per heavy atom. The molecule has 2 amide bonds. The van der Waals surface area contributed by atoms with Crippen LogP contribution in [0.2, 0.25) is 0 Å². The molecule has 0 bridgehead atoms. The van der Waals surface area contributed by atoms with Gasteiger partial charge in [-0.2, -0.15) is 0 Å². The van der Waals surface area contributed by atoms with Crippen LogP contribution in [0.15, 0.2) is 48.5 Å². The number of carbonyl (C=O) groups is 2. The van der Waals surface area contributed by atoms with Crippen LogP contribution >= 0.6 is 11.3 Å². The number of hydrogen-bond acceptors (Lipinski definition) is 6. The number of ether oxygens (including phenoxy) is 2. The van der Waals surface area contributed by atoms with Crippen molar-refractivity contribution >= 4 is 44.2 Å². The number of para-hydroxylation sites is 3. The van der Waals surface area contributed by atoms with Gasteiger partial charge >= 0.3 is 0 Å². The average Bonchev–Trinajstić information content (AvgIpc) is 3.43. The third kappa shape index (κ3) is 3.64. The van der Waals surface area contributed by atoms with Crippen LogP contribution in [-0.4, -0.2) is 49.2 Å². The lowest BCUT2D eigenvalue weighted by atomic mass is 10.2. The summed E-state index contributed by atoms with van der Waals surface area (Å²) in [5.74, 6) is 0.189. The van der Waals surface area contributed by atoms with Gasteiger partial charge < -0.3 is 9.47 Å². The first-order valence-electron chi connectivity index (χ1n) is 9.99. The molecule has 0 N–H and O–H groups in total. The summed E-state index contributed by atoms with van der Waals surface area (Å²) in [5, 5.41) is 0.630. The molecule has 1 saturated heterocycles. The molecule has 3 heterocycles. The molecule has 0 saturated carbocycles. The number of aromatic nitrogens is 1. The van der Waals surface area contributed by atoms with Gasteiger partial charge in [-0.25, -0.2) is 4.98 Å². The highest BCUT2D eigenvalue weighted by atomic mass is 32.1. The van der Waals surface area contributed by atoms with E-state index in [1.165, 1.54) is 16.2 Å². The molecule has 1 fully saturated rings. The number of benzene rings is 2. The van der Waals surface area contributed by atoms with E-state index in [-0.39, 0.29) is 31.1 Å². The lowest BCUT2D eigenvalue weighted by Gasteiger charge is -2.31. The van der Waals surface area contributed by atoms with Crippen molar-refractivity contribution in [1.82, 2.24) is 4.98 Å². The molecule has 0 unspecified atom stereocenters. The van der Waals surface area contributed by atoms with E-state index in [4.69, 9.17) is 9.47 Å². The van der Waals surface area contributed by atoms with Crippen LogP contribution in [0.3, 0.4) is 0 Å². The van der Waals surface area contributed by atoms with Gasteiger partial charge in [-0.3, -0.25) is 19.4 Å². The summed E-state index contributed by atoms with van der Waals surface area (Å²) in [6.45, 7) is 1.000. The molecule has 1 aromatic heterocycles. The zero-order valence-electron chi connectivity index (χ0n) is 16.3. The van der Waals surface area contributed by atoms with Gasteiger partial charge in [0.25, 0.3) is 5.91 Å². The number of rotatable bonds is 5. The Bertz CT molecular complexity index is 1060. The maximum absolute atomic E-state index is 13.4. The monoisotopic (exact) mass is 423 g/mol. The van der Waals surface area contributed by atoms with Crippen molar-refractivity contribution in [2.75, 3.05) is 36.1 Å². The maximum Gasteiger partial charge on any atom is 0.265 e. The Kier molecular flexibility index (Phi) is 5.10. The first-order valence-corrected chi connectivity index (χ1v) is 10.8. The third-order valence-corrected chi connectivity index (χ3v) is 6.39. The summed E-state index contributed by atoms with van der Waals surface area (Å²) < 4.78 is 12.3. The first-order chi connectivity index (χ1) is 14.7. The number of amides is 2. The smallest absolute Gasteiger partial charge is 0.265 e. The van der Waals surface area contributed by atoms with Crippen LogP contribution in [0.4, 0.5) is 10.8 Å². The molecule has 2 aliphatic heterocycles. The van der Waals surface area contributed by atoms with Crippen molar-refractivity contribution in [2.45, 2.75) is 18.9 Å². The minimum Gasteiger partial charge on any atom is -0.482 e. The van der Waals surface area contributed by atoms with Crippen molar-refractivity contribution in [3.63, 3.8) is 0 Å². The molecule has 30 heavy (non-hydrogen) atoms. The zero-order valence-corrected chi connectivity index (χ0v) is 17.1. The summed E-state index contributed by atoms with van der Waals surface area (Å²) in [6, 6.07) is 15.1. The van der Waals surface area contributed by atoms with E-state index in [1.54, 1.807) is 17.0 Å². The molecule has 0 spiro atoms. The number of thiazole rings is 1. The van der Waals surface area contributed by atoms with Crippen LogP contribution in [0.25, 0.3) is 10.2 Å². The molecule has 1 atom stereocenters. The first kappa shape index (κ1) is 19.0. The van der Waals surface area contributed by atoms with Gasteiger partial charge in [0.2, 0.25) is 5.91 Å². The molecule has 3 aromatic rings. The lowest BCUT2D eigenvalue weighted by Crippen LogP contribution is -2.48. The molecule has 2 aliphatic rings. The molecule has 0 radical (unpaired) electrons. The van der Waals surface area contributed by atoms with E-state index in [9.17, 15) is 9.59 Å². The van der Waals surface area contributed by atoms with Gasteiger partial charge in [-0.1, -0.05) is 35.6 Å². The number of fused-ring (bicyclic) bond motifs is 2. The number of nitrogens with zero attached hydrogens (tertiary/aromatic N) is 3. The van der Waals surface area contributed by atoms with Crippen molar-refractivity contribution in [1.29, 1.82) is 0 Å². The van der Waals surface area contributed by atoms with Crippen molar-refractivity contribution in [3.8, 4) is 5.75 Å². The van der Waals surface area contributed by atoms with E-state index >= 15 is 0 Å². The molecular weight excluding hydrogens is 402 g/mol. The standard InChI is InChI=1S/C22H21N3O4S/c26-20(13-24-17-8-2-3-9-18(17)29-14-21(24)27)25(12-15-6-5-11-28-15)22-23-16-7-1-4-10-19(16)30-22/h1-4,7-10,15H,5-6,11-14H2/t15-/m0/s1. The largest absolute Gasteiger partial charge is 0.482 e. The van der Waals surface area contributed by atoms with Crippen molar-refractivity contribution < 1.29 is 19.1 Å². The summed E-state index contributed by atoms with van der Waals surface area (Å²) in [6.07, 6.45) is 1.88. The SMILES string of the molecule is O=C(CN1C(=O)COc2ccccc21)N(C[C@@H]1CCCO1)c1nc2ccccc2s1. The number of carbonyl (C=O) groups excluding carboxylic acids is 2. The van der Waals surface area contributed by atoms with Gasteiger partial charge in [0, 0.05) is 6.61 Å². The van der Waals surface area contributed by atoms with E-state index in [0.717, 1.165) is 23.1 Å². The van der Waals surface area contributed by atoms with Crippen LogP contribution in [0, 0.1) is 0 Å². The second kappa shape index (κ2) is 8.04. The summed E-state index contributed by atoms with van der Waals surface area (Å²) >= 11 is 1.48. The molecule has 2 aromatic carbocycles. The zero-order chi connectivity index (χ0) is 20.5. The number of anilines is 2. The van der Waals surface area contributed by atoms with Crippen molar-refractivity contribution in [2.24, 2.45) is 0 Å². The van der Waals surface area contributed by atoms with Crippen LogP contribution < -0.4 is 14.5 Å². The van der Waals surface area contributed by atoms with Crippen LogP contribution in [0.5, 0.6) is 5.75 Å². The van der Waals surface area contributed by atoms with E-state index < -0.39 is 0 Å². The van der Waals surface area contributed by atoms with Gasteiger partial charge in [0.05, 0.1) is 28.6 Å². The molecular formula is C22H21N3O4S. The fourth-order valence-corrected chi connectivity index (χ4v) is 4.79. The van der Waals surface area contributed by atoms with E-state index in [1.807, 2.05) is 36.4 Å². The molecule has 7 nitrogen and oxygen atoms in total. The van der Waals surface area contributed by atoms with Crippen LogP contribution in [0.1, 0.15) is 12.8 Å². The van der Waals surface area contributed by atoms with Crippen molar-refractivity contribution in [3.05, 3.63) is 48.5 Å². The second-order valence-electron chi connectivity index (χ2n) is 7.34. The molecule has 8 heteroatoms. The minimum atomic E-state index is -0.233. The Hall–Kier alpha value is -2.97. The maximum atomic E-state index is 13.4. The van der Waals surface area contributed by atoms with Gasteiger partial charge in [-0.05, 0) is 37.1 Å². The summed E-state index contributed by atoms with van der Waals surface area (Å²) in [4.78, 5) is 33.8. The fourth-order valence-electron chi connectivity index (χ4n) is 3.80.